The van der Waals surface area contributed by atoms with Gasteiger partial charge in [0.2, 0.25) is 0 Å². The van der Waals surface area contributed by atoms with Crippen molar-refractivity contribution in [3.05, 3.63) is 71.1 Å². The number of benzene rings is 1. The van der Waals surface area contributed by atoms with E-state index in [9.17, 15) is 4.79 Å². The van der Waals surface area contributed by atoms with Crippen LogP contribution < -0.4 is 5.32 Å². The van der Waals surface area contributed by atoms with Crippen LogP contribution in [-0.4, -0.2) is 39.4 Å². The van der Waals surface area contributed by atoms with Crippen LogP contribution in [-0.2, 0) is 13.1 Å². The Hall–Kier alpha value is -3.40. The van der Waals surface area contributed by atoms with Gasteiger partial charge >= 0.3 is 0 Å². The van der Waals surface area contributed by atoms with Gasteiger partial charge in [-0.15, -0.1) is 5.10 Å². The summed E-state index contributed by atoms with van der Waals surface area (Å²) in [5, 5.41) is 15.2. The normalized spacial score (nSPS) is 10.9. The van der Waals surface area contributed by atoms with Crippen molar-refractivity contribution in [1.82, 2.24) is 33.5 Å². The average molecular weight is 394 g/mol. The molecule has 142 valence electrons. The molecule has 0 unspecified atom stereocenters. The Bertz CT molecular complexity index is 1100. The van der Waals surface area contributed by atoms with Gasteiger partial charge in [0.1, 0.15) is 0 Å². The number of rotatable bonds is 6. The molecule has 1 amide bonds. The van der Waals surface area contributed by atoms with Crippen molar-refractivity contribution >= 4 is 23.3 Å². The summed E-state index contributed by atoms with van der Waals surface area (Å²) in [6.45, 7) is 4.79. The van der Waals surface area contributed by atoms with Crippen molar-refractivity contribution < 1.29 is 4.79 Å². The lowest BCUT2D eigenvalue weighted by atomic mass is 10.2. The molecule has 0 atom stereocenters. The number of hydrogen-bond acceptors (Lipinski definition) is 7. The second kappa shape index (κ2) is 7.69. The second-order valence-electron chi connectivity index (χ2n) is 6.34. The average Bonchev–Trinajstić information content (AvgIpc) is 3.40. The van der Waals surface area contributed by atoms with Crippen LogP contribution in [0.5, 0.6) is 0 Å². The summed E-state index contributed by atoms with van der Waals surface area (Å²) >= 11 is 1.16. The van der Waals surface area contributed by atoms with Crippen LogP contribution in [0.15, 0.2) is 42.7 Å². The number of hydrogen-bond donors (Lipinski definition) is 1. The van der Waals surface area contributed by atoms with Gasteiger partial charge in [0, 0.05) is 18.1 Å². The lowest BCUT2D eigenvalue weighted by Crippen LogP contribution is -2.15. The lowest BCUT2D eigenvalue weighted by Gasteiger charge is -2.07. The lowest BCUT2D eigenvalue weighted by molar-refractivity contribution is 0.102. The number of aryl methyl sites for hydroxylation is 1. The molecule has 10 heteroatoms. The van der Waals surface area contributed by atoms with Gasteiger partial charge in [-0.25, -0.2) is 4.68 Å². The highest BCUT2D eigenvalue weighted by Crippen LogP contribution is 2.15. The predicted molar refractivity (Wildman–Crippen MR) is 104 cm³/mol. The predicted octanol–water partition coefficient (Wildman–Crippen LogP) is 2.29. The van der Waals surface area contributed by atoms with E-state index in [-0.39, 0.29) is 5.91 Å². The van der Waals surface area contributed by atoms with Crippen molar-refractivity contribution in [1.29, 1.82) is 0 Å². The summed E-state index contributed by atoms with van der Waals surface area (Å²) in [5.74, 6) is -0.298. The summed E-state index contributed by atoms with van der Waals surface area (Å²) in [4.78, 5) is 12.7. The maximum Gasteiger partial charge on any atom is 0.278 e. The minimum Gasteiger partial charge on any atom is -0.321 e. The Labute approximate surface area is 165 Å². The van der Waals surface area contributed by atoms with Crippen molar-refractivity contribution in [3.8, 4) is 0 Å². The third-order valence-electron chi connectivity index (χ3n) is 4.33. The van der Waals surface area contributed by atoms with Crippen LogP contribution in [0.2, 0.25) is 0 Å². The third kappa shape index (κ3) is 3.81. The minimum atomic E-state index is -0.298. The number of amides is 1. The van der Waals surface area contributed by atoms with E-state index < -0.39 is 0 Å². The highest BCUT2D eigenvalue weighted by atomic mass is 32.1. The van der Waals surface area contributed by atoms with Crippen LogP contribution in [0.3, 0.4) is 0 Å². The van der Waals surface area contributed by atoms with Gasteiger partial charge in [-0.3, -0.25) is 9.48 Å². The molecule has 0 aliphatic heterocycles. The van der Waals surface area contributed by atoms with Gasteiger partial charge < -0.3 is 5.32 Å². The van der Waals surface area contributed by atoms with Gasteiger partial charge in [0.05, 0.1) is 41.9 Å². The largest absolute Gasteiger partial charge is 0.321 e. The minimum absolute atomic E-state index is 0.290. The molecular formula is C18H18N8OS. The molecule has 0 radical (unpaired) electrons. The summed E-state index contributed by atoms with van der Waals surface area (Å²) < 4.78 is 11.9. The van der Waals surface area contributed by atoms with E-state index in [0.29, 0.717) is 30.2 Å². The first-order valence-corrected chi connectivity index (χ1v) is 9.39. The molecule has 0 aliphatic carbocycles. The van der Waals surface area contributed by atoms with E-state index in [1.807, 2.05) is 55.1 Å². The van der Waals surface area contributed by atoms with Crippen LogP contribution in [0.1, 0.15) is 33.1 Å². The molecule has 0 fully saturated rings. The van der Waals surface area contributed by atoms with Gasteiger partial charge in [0.15, 0.2) is 5.69 Å². The first kappa shape index (κ1) is 18.0. The van der Waals surface area contributed by atoms with Gasteiger partial charge in [-0.2, -0.15) is 13.8 Å². The molecule has 1 N–H and O–H groups in total. The molecular weight excluding hydrogens is 376 g/mol. The quantitative estimate of drug-likeness (QED) is 0.538. The number of carbonyl (C=O) groups is 1. The van der Waals surface area contributed by atoms with E-state index in [1.54, 1.807) is 10.9 Å². The molecule has 0 saturated heterocycles. The van der Waals surface area contributed by atoms with E-state index in [4.69, 9.17) is 0 Å². The maximum atomic E-state index is 12.7. The summed E-state index contributed by atoms with van der Waals surface area (Å²) in [7, 11) is 0. The molecule has 1 aromatic carbocycles. The summed E-state index contributed by atoms with van der Waals surface area (Å²) in [6, 6.07) is 9.53. The topological polar surface area (TPSA) is 103 Å². The SMILES string of the molecule is Cc1nsnc1Cn1nnc(C(=O)Nc2cccc(Cn3cccn3)c2)c1C. The molecule has 0 aliphatic rings. The van der Waals surface area contributed by atoms with Crippen LogP contribution in [0, 0.1) is 13.8 Å². The number of anilines is 1. The zero-order valence-electron chi connectivity index (χ0n) is 15.4. The maximum absolute atomic E-state index is 12.7. The molecule has 0 bridgehead atoms. The summed E-state index contributed by atoms with van der Waals surface area (Å²) in [6.07, 6.45) is 3.63. The van der Waals surface area contributed by atoms with Crippen molar-refractivity contribution in [2.75, 3.05) is 5.32 Å². The number of nitrogens with one attached hydrogen (secondary N) is 1. The van der Waals surface area contributed by atoms with Gasteiger partial charge in [-0.05, 0) is 37.6 Å². The third-order valence-corrected chi connectivity index (χ3v) is 4.99. The highest BCUT2D eigenvalue weighted by molar-refractivity contribution is 6.99. The Kier molecular flexibility index (Phi) is 4.94. The van der Waals surface area contributed by atoms with Crippen molar-refractivity contribution in [2.45, 2.75) is 26.9 Å². The standard InChI is InChI=1S/C18H18N8OS/c1-12-16(23-28-22-12)11-26-13(2)17(21-24-26)18(27)20-15-6-3-5-14(9-15)10-25-8-4-7-19-25/h3-9H,10-11H2,1-2H3,(H,20,27). The Morgan fingerprint density at radius 2 is 2.07 bits per heavy atom. The van der Waals surface area contributed by atoms with E-state index in [1.165, 1.54) is 0 Å². The number of aromatic nitrogens is 7. The Balaban J connectivity index is 1.47. The molecule has 9 nitrogen and oxygen atoms in total. The first-order chi connectivity index (χ1) is 13.6. The summed E-state index contributed by atoms with van der Waals surface area (Å²) in [5.41, 5.74) is 4.39. The number of nitrogens with zero attached hydrogens (tertiary/aromatic N) is 7. The smallest absolute Gasteiger partial charge is 0.278 e. The fraction of sp³-hybridized carbons (Fsp3) is 0.222. The fourth-order valence-electron chi connectivity index (χ4n) is 2.77. The molecule has 0 spiro atoms. The van der Waals surface area contributed by atoms with Gasteiger partial charge in [-0.1, -0.05) is 17.3 Å². The molecule has 28 heavy (non-hydrogen) atoms. The number of carbonyl (C=O) groups excluding carboxylic acids is 1. The molecule has 0 saturated carbocycles. The van der Waals surface area contributed by atoms with E-state index in [2.05, 4.69) is 29.5 Å². The van der Waals surface area contributed by atoms with Crippen LogP contribution >= 0.6 is 11.7 Å². The van der Waals surface area contributed by atoms with Gasteiger partial charge in [0.25, 0.3) is 5.91 Å². The molecule has 4 rings (SSSR count). The van der Waals surface area contributed by atoms with E-state index in [0.717, 1.165) is 28.7 Å². The van der Waals surface area contributed by atoms with Crippen molar-refractivity contribution in [3.63, 3.8) is 0 Å². The van der Waals surface area contributed by atoms with E-state index >= 15 is 0 Å². The zero-order valence-corrected chi connectivity index (χ0v) is 16.2. The second-order valence-corrected chi connectivity index (χ2v) is 6.86. The van der Waals surface area contributed by atoms with Crippen LogP contribution in [0.4, 0.5) is 5.69 Å². The molecule has 3 aromatic heterocycles. The first-order valence-electron chi connectivity index (χ1n) is 8.66. The monoisotopic (exact) mass is 394 g/mol. The van der Waals surface area contributed by atoms with Crippen LogP contribution in [0.25, 0.3) is 0 Å². The Morgan fingerprint density at radius 1 is 1.18 bits per heavy atom. The zero-order chi connectivity index (χ0) is 19.5. The molecule has 4 aromatic rings. The highest BCUT2D eigenvalue weighted by Gasteiger charge is 2.18. The molecule has 3 heterocycles. The van der Waals surface area contributed by atoms with Crippen molar-refractivity contribution in [2.24, 2.45) is 0 Å². The fourth-order valence-corrected chi connectivity index (χ4v) is 3.33. The Morgan fingerprint density at radius 3 is 2.82 bits per heavy atom.